The normalized spacial score (nSPS) is 13.0. The summed E-state index contributed by atoms with van der Waals surface area (Å²) in [5.74, 6) is 0.739. The predicted octanol–water partition coefficient (Wildman–Crippen LogP) is 0.684. The van der Waals surface area contributed by atoms with E-state index in [1.165, 1.54) is 0 Å². The molecular weight excluding hydrogens is 182 g/mol. The number of aryl methyl sites for hydroxylation is 1. The second-order valence-corrected chi connectivity index (χ2v) is 3.12. The molecule has 1 N–H and O–H groups in total. The Labute approximate surface area is 81.0 Å². The summed E-state index contributed by atoms with van der Waals surface area (Å²) in [6.45, 7) is 0. The summed E-state index contributed by atoms with van der Waals surface area (Å²) in [6.07, 6.45) is 3.03. The summed E-state index contributed by atoms with van der Waals surface area (Å²) in [4.78, 5) is 0. The molecule has 14 heavy (non-hydrogen) atoms. The minimum atomic E-state index is -0.658. The van der Waals surface area contributed by atoms with Crippen LogP contribution < -0.4 is 0 Å². The minimum absolute atomic E-state index is 0.422. The van der Waals surface area contributed by atoms with Crippen molar-refractivity contribution in [3.63, 3.8) is 0 Å². The van der Waals surface area contributed by atoms with Gasteiger partial charge in [0.15, 0.2) is 0 Å². The lowest BCUT2D eigenvalue weighted by molar-refractivity contribution is 0.165. The molecule has 0 spiro atoms. The molecule has 2 aromatic rings. The van der Waals surface area contributed by atoms with Crippen molar-refractivity contribution in [1.29, 1.82) is 0 Å². The monoisotopic (exact) mass is 193 g/mol. The fraction of sp³-hybridized carbons (Fsp3) is 0.333. The number of aliphatic hydroxyl groups is 1. The van der Waals surface area contributed by atoms with Crippen molar-refractivity contribution in [2.75, 3.05) is 0 Å². The maximum atomic E-state index is 9.73. The smallest absolute Gasteiger partial charge is 0.112 e. The molecule has 2 aromatic heterocycles. The maximum Gasteiger partial charge on any atom is 0.112 e. The molecule has 0 aliphatic carbocycles. The zero-order valence-electron chi connectivity index (χ0n) is 7.79. The van der Waals surface area contributed by atoms with E-state index in [1.807, 2.05) is 6.07 Å². The molecule has 0 saturated heterocycles. The molecule has 0 radical (unpaired) electrons. The molecule has 5 nitrogen and oxygen atoms in total. The molecule has 0 bridgehead atoms. The van der Waals surface area contributed by atoms with Gasteiger partial charge in [-0.05, 0) is 12.1 Å². The third kappa shape index (κ3) is 1.82. The van der Waals surface area contributed by atoms with Gasteiger partial charge >= 0.3 is 0 Å². The van der Waals surface area contributed by atoms with Crippen LogP contribution in [0.2, 0.25) is 0 Å². The van der Waals surface area contributed by atoms with E-state index in [0.717, 1.165) is 5.76 Å². The zero-order valence-corrected chi connectivity index (χ0v) is 7.79. The maximum absolute atomic E-state index is 9.73. The molecule has 5 heteroatoms. The number of hydrogen-bond donors (Lipinski definition) is 1. The summed E-state index contributed by atoms with van der Waals surface area (Å²) in [6, 6.07) is 3.61. The van der Waals surface area contributed by atoms with E-state index in [1.54, 1.807) is 30.3 Å². The highest BCUT2D eigenvalue weighted by Crippen LogP contribution is 2.15. The number of aliphatic hydroxyl groups excluding tert-OH is 1. The second kappa shape index (κ2) is 3.63. The van der Waals surface area contributed by atoms with Crippen LogP contribution in [0, 0.1) is 0 Å². The van der Waals surface area contributed by atoms with Crippen molar-refractivity contribution >= 4 is 0 Å². The molecule has 0 fully saturated rings. The molecule has 0 aliphatic rings. The fourth-order valence-electron chi connectivity index (χ4n) is 1.24. The Morgan fingerprint density at radius 1 is 1.64 bits per heavy atom. The molecule has 0 amide bonds. The van der Waals surface area contributed by atoms with Crippen molar-refractivity contribution in [3.05, 3.63) is 36.0 Å². The molecule has 1 unspecified atom stereocenters. The molecule has 1 atom stereocenters. The summed E-state index contributed by atoms with van der Waals surface area (Å²) in [7, 11) is 1.76. The minimum Gasteiger partial charge on any atom is -0.469 e. The molecule has 2 heterocycles. The lowest BCUT2D eigenvalue weighted by atomic mass is 10.1. The van der Waals surface area contributed by atoms with Crippen molar-refractivity contribution < 1.29 is 9.52 Å². The average Bonchev–Trinajstić information content (AvgIpc) is 2.75. The van der Waals surface area contributed by atoms with E-state index in [4.69, 9.17) is 4.42 Å². The Kier molecular flexibility index (Phi) is 2.32. The Hall–Kier alpha value is -1.62. The first kappa shape index (κ1) is 8.96. The molecular formula is C9H11N3O2. The Bertz CT molecular complexity index is 394. The molecule has 74 valence electrons. The van der Waals surface area contributed by atoms with Gasteiger partial charge in [0, 0.05) is 13.5 Å². The van der Waals surface area contributed by atoms with Crippen LogP contribution >= 0.6 is 0 Å². The number of furan rings is 1. The lowest BCUT2D eigenvalue weighted by Crippen LogP contribution is -2.01. The largest absolute Gasteiger partial charge is 0.469 e. The Balaban J connectivity index is 2.06. The fourth-order valence-corrected chi connectivity index (χ4v) is 1.24. The van der Waals surface area contributed by atoms with Gasteiger partial charge in [0.1, 0.15) is 17.6 Å². The van der Waals surface area contributed by atoms with Crippen LogP contribution in [0.3, 0.4) is 0 Å². The van der Waals surface area contributed by atoms with E-state index in [0.29, 0.717) is 12.1 Å². The van der Waals surface area contributed by atoms with Crippen LogP contribution in [0.5, 0.6) is 0 Å². The number of aromatic nitrogens is 3. The third-order valence-electron chi connectivity index (χ3n) is 1.94. The SMILES string of the molecule is Cn1cc(C(O)Cc2ccco2)nn1. The molecule has 2 rings (SSSR count). The van der Waals surface area contributed by atoms with E-state index >= 15 is 0 Å². The van der Waals surface area contributed by atoms with Gasteiger partial charge in [-0.15, -0.1) is 5.10 Å². The van der Waals surface area contributed by atoms with E-state index in [-0.39, 0.29) is 0 Å². The summed E-state index contributed by atoms with van der Waals surface area (Å²) < 4.78 is 6.67. The number of nitrogens with zero attached hydrogens (tertiary/aromatic N) is 3. The molecule has 0 saturated carbocycles. The quantitative estimate of drug-likeness (QED) is 0.778. The van der Waals surface area contributed by atoms with Gasteiger partial charge in [0.05, 0.1) is 12.5 Å². The molecule has 0 aromatic carbocycles. The van der Waals surface area contributed by atoms with Gasteiger partial charge in [0.2, 0.25) is 0 Å². The van der Waals surface area contributed by atoms with E-state index in [9.17, 15) is 5.11 Å². The van der Waals surface area contributed by atoms with Crippen LogP contribution in [-0.4, -0.2) is 20.1 Å². The highest BCUT2D eigenvalue weighted by molar-refractivity contribution is 5.05. The first-order valence-electron chi connectivity index (χ1n) is 4.32. The highest BCUT2D eigenvalue weighted by Gasteiger charge is 2.13. The molecule has 0 aliphatic heterocycles. The summed E-state index contributed by atoms with van der Waals surface area (Å²) in [5.41, 5.74) is 0.559. The average molecular weight is 193 g/mol. The van der Waals surface area contributed by atoms with Crippen molar-refractivity contribution in [2.24, 2.45) is 7.05 Å². The van der Waals surface area contributed by atoms with E-state index < -0.39 is 6.10 Å². The zero-order chi connectivity index (χ0) is 9.97. The van der Waals surface area contributed by atoms with Crippen molar-refractivity contribution in [3.8, 4) is 0 Å². The Morgan fingerprint density at radius 3 is 3.07 bits per heavy atom. The summed E-state index contributed by atoms with van der Waals surface area (Å²) >= 11 is 0. The van der Waals surface area contributed by atoms with Gasteiger partial charge in [-0.25, -0.2) is 0 Å². The van der Waals surface area contributed by atoms with Crippen LogP contribution in [0.15, 0.2) is 29.0 Å². The van der Waals surface area contributed by atoms with Crippen LogP contribution in [-0.2, 0) is 13.5 Å². The standard InChI is InChI=1S/C9H11N3O2/c1-12-6-8(10-11-12)9(13)5-7-3-2-4-14-7/h2-4,6,9,13H,5H2,1H3. The van der Waals surface area contributed by atoms with Gasteiger partial charge in [0.25, 0.3) is 0 Å². The van der Waals surface area contributed by atoms with Gasteiger partial charge in [-0.3, -0.25) is 4.68 Å². The highest BCUT2D eigenvalue weighted by atomic mass is 16.3. The van der Waals surface area contributed by atoms with Gasteiger partial charge < -0.3 is 9.52 Å². The first-order chi connectivity index (χ1) is 6.75. The Morgan fingerprint density at radius 2 is 2.50 bits per heavy atom. The first-order valence-corrected chi connectivity index (χ1v) is 4.32. The topological polar surface area (TPSA) is 64.1 Å². The van der Waals surface area contributed by atoms with Crippen LogP contribution in [0.4, 0.5) is 0 Å². The third-order valence-corrected chi connectivity index (χ3v) is 1.94. The van der Waals surface area contributed by atoms with Gasteiger partial charge in [-0.2, -0.15) is 0 Å². The second-order valence-electron chi connectivity index (χ2n) is 3.12. The number of rotatable bonds is 3. The van der Waals surface area contributed by atoms with Crippen molar-refractivity contribution in [1.82, 2.24) is 15.0 Å². The van der Waals surface area contributed by atoms with E-state index in [2.05, 4.69) is 10.3 Å². The summed E-state index contributed by atoms with van der Waals surface area (Å²) in [5, 5.41) is 17.3. The van der Waals surface area contributed by atoms with Crippen LogP contribution in [0.25, 0.3) is 0 Å². The number of hydrogen-bond acceptors (Lipinski definition) is 4. The van der Waals surface area contributed by atoms with Crippen LogP contribution in [0.1, 0.15) is 17.6 Å². The van der Waals surface area contributed by atoms with Gasteiger partial charge in [-0.1, -0.05) is 5.21 Å². The van der Waals surface area contributed by atoms with Crippen molar-refractivity contribution in [2.45, 2.75) is 12.5 Å². The lowest BCUT2D eigenvalue weighted by Gasteiger charge is -2.03. The predicted molar refractivity (Wildman–Crippen MR) is 48.4 cm³/mol.